The van der Waals surface area contributed by atoms with Crippen LogP contribution in [0.15, 0.2) is 47.1 Å². The molecule has 0 N–H and O–H groups in total. The van der Waals surface area contributed by atoms with E-state index in [1.807, 2.05) is 32.0 Å². The van der Waals surface area contributed by atoms with Gasteiger partial charge in [0.2, 0.25) is 5.90 Å². The van der Waals surface area contributed by atoms with Gasteiger partial charge in [-0.25, -0.2) is 9.79 Å². The van der Waals surface area contributed by atoms with Crippen LogP contribution in [-0.2, 0) is 9.53 Å². The SMILES string of the molecule is CCOc1cc(/C=C2\N=C(c3ccccc3Cl)OC2=O)cc(I)c1OCC. The predicted octanol–water partition coefficient (Wildman–Crippen LogP) is 5.09. The van der Waals surface area contributed by atoms with Crippen molar-refractivity contribution in [3.63, 3.8) is 0 Å². The van der Waals surface area contributed by atoms with E-state index >= 15 is 0 Å². The van der Waals surface area contributed by atoms with Gasteiger partial charge >= 0.3 is 5.97 Å². The van der Waals surface area contributed by atoms with Gasteiger partial charge < -0.3 is 14.2 Å². The standard InChI is InChI=1S/C20H17ClINO4/c1-3-25-17-11-12(9-15(22)18(17)26-4-2)10-16-20(24)27-19(23-16)13-7-5-6-8-14(13)21/h5-11H,3-4H2,1-2H3/b16-10-. The molecule has 0 aromatic heterocycles. The minimum atomic E-state index is -0.522. The number of benzene rings is 2. The van der Waals surface area contributed by atoms with Crippen LogP contribution in [0.25, 0.3) is 6.08 Å². The lowest BCUT2D eigenvalue weighted by Crippen LogP contribution is -2.05. The highest BCUT2D eigenvalue weighted by Crippen LogP contribution is 2.35. The van der Waals surface area contributed by atoms with E-state index in [4.69, 9.17) is 25.8 Å². The predicted molar refractivity (Wildman–Crippen MR) is 114 cm³/mol. The molecule has 0 aliphatic carbocycles. The van der Waals surface area contributed by atoms with E-state index in [1.54, 1.807) is 24.3 Å². The molecule has 27 heavy (non-hydrogen) atoms. The summed E-state index contributed by atoms with van der Waals surface area (Å²) in [6, 6.07) is 10.8. The van der Waals surface area contributed by atoms with Crippen molar-refractivity contribution < 1.29 is 19.0 Å². The van der Waals surface area contributed by atoms with Crippen molar-refractivity contribution in [3.05, 3.63) is 61.8 Å². The molecule has 0 radical (unpaired) electrons. The van der Waals surface area contributed by atoms with Crippen LogP contribution < -0.4 is 9.47 Å². The number of esters is 1. The van der Waals surface area contributed by atoms with E-state index in [0.29, 0.717) is 35.3 Å². The van der Waals surface area contributed by atoms with Crippen molar-refractivity contribution >= 4 is 52.1 Å². The zero-order valence-corrected chi connectivity index (χ0v) is 17.7. The fourth-order valence-electron chi connectivity index (χ4n) is 2.54. The summed E-state index contributed by atoms with van der Waals surface area (Å²) in [5.74, 6) is 0.991. The fourth-order valence-corrected chi connectivity index (χ4v) is 3.53. The summed E-state index contributed by atoms with van der Waals surface area (Å²) in [4.78, 5) is 16.5. The van der Waals surface area contributed by atoms with Crippen LogP contribution in [0.3, 0.4) is 0 Å². The molecule has 0 saturated heterocycles. The van der Waals surface area contributed by atoms with Gasteiger partial charge in [0, 0.05) is 0 Å². The topological polar surface area (TPSA) is 57.1 Å². The third-order valence-corrected chi connectivity index (χ3v) is 4.78. The number of ether oxygens (including phenoxy) is 3. The summed E-state index contributed by atoms with van der Waals surface area (Å²) >= 11 is 8.34. The molecule has 0 bridgehead atoms. The Hall–Kier alpha value is -2.06. The van der Waals surface area contributed by atoms with E-state index in [2.05, 4.69) is 27.6 Å². The molecular formula is C20H17ClINO4. The normalized spacial score (nSPS) is 14.9. The average Bonchev–Trinajstić information content (AvgIpc) is 2.99. The van der Waals surface area contributed by atoms with Gasteiger partial charge in [0.25, 0.3) is 0 Å². The van der Waals surface area contributed by atoms with E-state index in [1.165, 1.54) is 0 Å². The van der Waals surface area contributed by atoms with Crippen LogP contribution in [0.5, 0.6) is 11.5 Å². The van der Waals surface area contributed by atoms with Crippen LogP contribution in [0.2, 0.25) is 5.02 Å². The molecule has 140 valence electrons. The second kappa shape index (κ2) is 8.75. The smallest absolute Gasteiger partial charge is 0.363 e. The summed E-state index contributed by atoms with van der Waals surface area (Å²) in [7, 11) is 0. The van der Waals surface area contributed by atoms with Gasteiger partial charge in [-0.05, 0) is 72.3 Å². The molecule has 0 spiro atoms. The Morgan fingerprint density at radius 2 is 1.93 bits per heavy atom. The maximum Gasteiger partial charge on any atom is 0.363 e. The molecular weight excluding hydrogens is 481 g/mol. The second-order valence-electron chi connectivity index (χ2n) is 5.51. The molecule has 1 aliphatic heterocycles. The Morgan fingerprint density at radius 1 is 1.19 bits per heavy atom. The number of cyclic esters (lactones) is 1. The van der Waals surface area contributed by atoms with Crippen LogP contribution in [0.1, 0.15) is 25.0 Å². The first-order valence-electron chi connectivity index (χ1n) is 8.40. The minimum Gasteiger partial charge on any atom is -0.490 e. The molecule has 2 aromatic carbocycles. The van der Waals surface area contributed by atoms with Crippen LogP contribution in [0, 0.1) is 3.57 Å². The quantitative estimate of drug-likeness (QED) is 0.317. The first-order chi connectivity index (χ1) is 13.0. The first kappa shape index (κ1) is 19.7. The van der Waals surface area contributed by atoms with Crippen LogP contribution >= 0.6 is 34.2 Å². The summed E-state index contributed by atoms with van der Waals surface area (Å²) in [5, 5.41) is 0.472. The average molecular weight is 498 g/mol. The number of hydrogen-bond acceptors (Lipinski definition) is 5. The zero-order chi connectivity index (χ0) is 19.4. The third-order valence-electron chi connectivity index (χ3n) is 3.65. The van der Waals surface area contributed by atoms with Crippen LogP contribution in [-0.4, -0.2) is 25.1 Å². The van der Waals surface area contributed by atoms with Gasteiger partial charge in [0.05, 0.1) is 27.4 Å². The van der Waals surface area contributed by atoms with Gasteiger partial charge in [-0.15, -0.1) is 0 Å². The molecule has 2 aromatic rings. The highest BCUT2D eigenvalue weighted by molar-refractivity contribution is 14.1. The molecule has 0 saturated carbocycles. The Balaban J connectivity index is 1.98. The van der Waals surface area contributed by atoms with Crippen molar-refractivity contribution in [1.29, 1.82) is 0 Å². The highest BCUT2D eigenvalue weighted by atomic mass is 127. The Bertz CT molecular complexity index is 940. The minimum absolute atomic E-state index is 0.197. The monoisotopic (exact) mass is 497 g/mol. The maximum absolute atomic E-state index is 12.2. The lowest BCUT2D eigenvalue weighted by atomic mass is 10.1. The first-order valence-corrected chi connectivity index (χ1v) is 9.85. The Morgan fingerprint density at radius 3 is 2.63 bits per heavy atom. The summed E-state index contributed by atoms with van der Waals surface area (Å²) < 4.78 is 17.5. The number of aliphatic imine (C=N–C) groups is 1. The largest absolute Gasteiger partial charge is 0.490 e. The molecule has 5 nitrogen and oxygen atoms in total. The molecule has 1 heterocycles. The van der Waals surface area contributed by atoms with Gasteiger partial charge in [-0.2, -0.15) is 0 Å². The molecule has 0 unspecified atom stereocenters. The molecule has 1 aliphatic rings. The fraction of sp³-hybridized carbons (Fsp3) is 0.200. The maximum atomic E-state index is 12.2. The van der Waals surface area contributed by atoms with E-state index in [-0.39, 0.29) is 11.6 Å². The van der Waals surface area contributed by atoms with E-state index in [0.717, 1.165) is 9.13 Å². The van der Waals surface area contributed by atoms with Crippen molar-refractivity contribution in [2.24, 2.45) is 4.99 Å². The van der Waals surface area contributed by atoms with Crippen molar-refractivity contribution in [1.82, 2.24) is 0 Å². The molecule has 0 fully saturated rings. The summed E-state index contributed by atoms with van der Waals surface area (Å²) in [5.41, 5.74) is 1.54. The number of halogens is 2. The lowest BCUT2D eigenvalue weighted by molar-refractivity contribution is -0.129. The number of carbonyl (C=O) groups is 1. The summed E-state index contributed by atoms with van der Waals surface area (Å²) in [6.07, 6.45) is 1.66. The van der Waals surface area contributed by atoms with Gasteiger partial charge in [-0.1, -0.05) is 23.7 Å². The molecule has 0 atom stereocenters. The zero-order valence-electron chi connectivity index (χ0n) is 14.8. The van der Waals surface area contributed by atoms with Crippen LogP contribution in [0.4, 0.5) is 0 Å². The summed E-state index contributed by atoms with van der Waals surface area (Å²) in [6.45, 7) is 4.87. The van der Waals surface area contributed by atoms with Gasteiger partial charge in [0.15, 0.2) is 17.2 Å². The lowest BCUT2D eigenvalue weighted by Gasteiger charge is -2.13. The third kappa shape index (κ3) is 4.44. The van der Waals surface area contributed by atoms with Crippen molar-refractivity contribution in [3.8, 4) is 11.5 Å². The molecule has 0 amide bonds. The number of nitrogens with zero attached hydrogens (tertiary/aromatic N) is 1. The molecule has 3 rings (SSSR count). The highest BCUT2D eigenvalue weighted by Gasteiger charge is 2.25. The Labute approximate surface area is 176 Å². The number of carbonyl (C=O) groups excluding carboxylic acids is 1. The second-order valence-corrected chi connectivity index (χ2v) is 7.08. The number of rotatable bonds is 6. The Kier molecular flexibility index (Phi) is 6.38. The van der Waals surface area contributed by atoms with E-state index in [9.17, 15) is 4.79 Å². The van der Waals surface area contributed by atoms with Gasteiger partial charge in [-0.3, -0.25) is 0 Å². The van der Waals surface area contributed by atoms with E-state index < -0.39 is 5.97 Å². The number of hydrogen-bond donors (Lipinski definition) is 0. The van der Waals surface area contributed by atoms with Crippen molar-refractivity contribution in [2.45, 2.75) is 13.8 Å². The van der Waals surface area contributed by atoms with Crippen molar-refractivity contribution in [2.75, 3.05) is 13.2 Å². The molecule has 7 heteroatoms. The van der Waals surface area contributed by atoms with Gasteiger partial charge in [0.1, 0.15) is 0 Å².